The number of aromatic nitrogens is 1. The van der Waals surface area contributed by atoms with Crippen LogP contribution in [0.2, 0.25) is 0 Å². The molecule has 0 saturated heterocycles. The van der Waals surface area contributed by atoms with Gasteiger partial charge in [0.05, 0.1) is 15.4 Å². The maximum atomic E-state index is 12.0. The van der Waals surface area contributed by atoms with Crippen LogP contribution in [0.4, 0.5) is 5.88 Å². The lowest BCUT2D eigenvalue weighted by Crippen LogP contribution is -2.09. The summed E-state index contributed by atoms with van der Waals surface area (Å²) in [5, 5.41) is 15.0. The van der Waals surface area contributed by atoms with Gasteiger partial charge in [-0.2, -0.15) is 0 Å². The highest BCUT2D eigenvalue weighted by atomic mass is 32.1. The highest BCUT2D eigenvalue weighted by Crippen LogP contribution is 2.22. The zero-order valence-electron chi connectivity index (χ0n) is 10.5. The van der Waals surface area contributed by atoms with Crippen LogP contribution < -0.4 is 5.32 Å². The fraction of sp³-hybridized carbons (Fsp3) is 0.231. The number of thiophene rings is 1. The Morgan fingerprint density at radius 3 is 2.95 bits per heavy atom. The molecule has 19 heavy (non-hydrogen) atoms. The van der Waals surface area contributed by atoms with E-state index in [0.29, 0.717) is 16.5 Å². The van der Waals surface area contributed by atoms with Gasteiger partial charge in [0, 0.05) is 6.07 Å². The third-order valence-corrected chi connectivity index (χ3v) is 3.44. The smallest absolute Gasteiger partial charge is 0.268 e. The molecule has 0 bridgehead atoms. The quantitative estimate of drug-likeness (QED) is 0.822. The molecule has 0 fully saturated rings. The largest absolute Gasteiger partial charge is 0.384 e. The summed E-state index contributed by atoms with van der Waals surface area (Å²) >= 11 is 1.27. The highest BCUT2D eigenvalue weighted by Gasteiger charge is 2.13. The Balaban J connectivity index is 2.15. The first-order valence-corrected chi connectivity index (χ1v) is 6.36. The van der Waals surface area contributed by atoms with Crippen molar-refractivity contribution in [1.29, 1.82) is 0 Å². The van der Waals surface area contributed by atoms with Crippen LogP contribution in [0.3, 0.4) is 0 Å². The number of aryl methyl sites for hydroxylation is 2. The molecule has 0 unspecified atom stereocenters. The van der Waals surface area contributed by atoms with Gasteiger partial charge in [-0.3, -0.25) is 10.1 Å². The number of carbonyl (C=O) groups is 1. The van der Waals surface area contributed by atoms with E-state index in [0.717, 1.165) is 10.4 Å². The molecule has 0 aliphatic heterocycles. The summed E-state index contributed by atoms with van der Waals surface area (Å²) in [6, 6.07) is 3.40. The summed E-state index contributed by atoms with van der Waals surface area (Å²) in [7, 11) is 0. The van der Waals surface area contributed by atoms with E-state index in [1.165, 1.54) is 11.3 Å². The molecule has 1 amide bonds. The van der Waals surface area contributed by atoms with E-state index < -0.39 is 0 Å². The Hall–Kier alpha value is -2.10. The van der Waals surface area contributed by atoms with Crippen LogP contribution >= 0.6 is 11.3 Å². The van der Waals surface area contributed by atoms with Gasteiger partial charge in [0.1, 0.15) is 6.61 Å². The number of amides is 1. The Labute approximate surface area is 114 Å². The fourth-order valence-corrected chi connectivity index (χ4v) is 2.38. The van der Waals surface area contributed by atoms with Crippen molar-refractivity contribution in [3.8, 4) is 11.8 Å². The molecule has 5 nitrogen and oxygen atoms in total. The molecule has 0 aliphatic rings. The van der Waals surface area contributed by atoms with Gasteiger partial charge >= 0.3 is 0 Å². The minimum atomic E-state index is -0.263. The maximum Gasteiger partial charge on any atom is 0.268 e. The van der Waals surface area contributed by atoms with Crippen LogP contribution in [-0.4, -0.2) is 22.8 Å². The average molecular weight is 276 g/mol. The summed E-state index contributed by atoms with van der Waals surface area (Å²) in [5.41, 5.74) is 1.61. The second kappa shape index (κ2) is 5.69. The molecule has 0 spiro atoms. The monoisotopic (exact) mass is 276 g/mol. The van der Waals surface area contributed by atoms with Crippen molar-refractivity contribution in [2.45, 2.75) is 13.8 Å². The van der Waals surface area contributed by atoms with E-state index in [2.05, 4.69) is 22.3 Å². The Morgan fingerprint density at radius 1 is 1.53 bits per heavy atom. The second-order valence-electron chi connectivity index (χ2n) is 3.87. The standard InChI is InChI=1S/C13H12N2O3S/c1-8-6-11(19-10(8)4-3-5-16)13(17)14-12-7-9(2)15-18-12/h6-7,16H,5H2,1-2H3,(H,14,17). The summed E-state index contributed by atoms with van der Waals surface area (Å²) in [4.78, 5) is 13.3. The maximum absolute atomic E-state index is 12.0. The summed E-state index contributed by atoms with van der Waals surface area (Å²) in [6.07, 6.45) is 0. The first-order valence-electron chi connectivity index (χ1n) is 5.55. The lowest BCUT2D eigenvalue weighted by atomic mass is 10.2. The molecule has 0 saturated carbocycles. The number of nitrogens with zero attached hydrogens (tertiary/aromatic N) is 1. The Kier molecular flexibility index (Phi) is 4.00. The van der Waals surface area contributed by atoms with Gasteiger partial charge in [-0.05, 0) is 25.5 Å². The van der Waals surface area contributed by atoms with Crippen molar-refractivity contribution < 1.29 is 14.4 Å². The molecule has 2 heterocycles. The summed E-state index contributed by atoms with van der Waals surface area (Å²) < 4.78 is 4.92. The lowest BCUT2D eigenvalue weighted by molar-refractivity contribution is 0.102. The van der Waals surface area contributed by atoms with Crippen molar-refractivity contribution in [3.05, 3.63) is 33.1 Å². The number of aliphatic hydroxyl groups is 1. The number of rotatable bonds is 2. The van der Waals surface area contributed by atoms with Crippen LogP contribution in [0.5, 0.6) is 0 Å². The van der Waals surface area contributed by atoms with Crippen LogP contribution in [0, 0.1) is 25.7 Å². The number of hydrogen-bond donors (Lipinski definition) is 2. The number of carbonyl (C=O) groups excluding carboxylic acids is 1. The van der Waals surface area contributed by atoms with Crippen LogP contribution in [0.1, 0.15) is 25.8 Å². The molecule has 0 aromatic carbocycles. The molecule has 0 aliphatic carbocycles. The first-order chi connectivity index (χ1) is 9.10. The van der Waals surface area contributed by atoms with E-state index >= 15 is 0 Å². The predicted molar refractivity (Wildman–Crippen MR) is 72.2 cm³/mol. The van der Waals surface area contributed by atoms with Crippen molar-refractivity contribution >= 4 is 23.1 Å². The molecule has 2 aromatic heterocycles. The minimum Gasteiger partial charge on any atom is -0.384 e. The molecular weight excluding hydrogens is 264 g/mol. The molecule has 0 radical (unpaired) electrons. The van der Waals surface area contributed by atoms with Crippen molar-refractivity contribution in [2.75, 3.05) is 11.9 Å². The van der Waals surface area contributed by atoms with Gasteiger partial charge in [0.25, 0.3) is 5.91 Å². The topological polar surface area (TPSA) is 75.4 Å². The number of anilines is 1. The number of hydrogen-bond acceptors (Lipinski definition) is 5. The average Bonchev–Trinajstić information content (AvgIpc) is 2.93. The van der Waals surface area contributed by atoms with E-state index in [-0.39, 0.29) is 12.5 Å². The second-order valence-corrected chi connectivity index (χ2v) is 4.92. The van der Waals surface area contributed by atoms with Crippen molar-refractivity contribution in [3.63, 3.8) is 0 Å². The zero-order chi connectivity index (χ0) is 13.8. The summed E-state index contributed by atoms with van der Waals surface area (Å²) in [5.74, 6) is 5.43. The van der Waals surface area contributed by atoms with E-state index in [1.807, 2.05) is 6.92 Å². The number of aliphatic hydroxyl groups excluding tert-OH is 1. The molecule has 0 atom stereocenters. The van der Waals surface area contributed by atoms with E-state index in [9.17, 15) is 4.79 Å². The molecular formula is C13H12N2O3S. The number of nitrogens with one attached hydrogen (secondary N) is 1. The van der Waals surface area contributed by atoms with Gasteiger partial charge in [-0.1, -0.05) is 17.0 Å². The van der Waals surface area contributed by atoms with Crippen LogP contribution in [0.25, 0.3) is 0 Å². The van der Waals surface area contributed by atoms with Crippen molar-refractivity contribution in [2.24, 2.45) is 0 Å². The van der Waals surface area contributed by atoms with Crippen LogP contribution in [-0.2, 0) is 0 Å². The van der Waals surface area contributed by atoms with Gasteiger partial charge < -0.3 is 9.63 Å². The SMILES string of the molecule is Cc1cc(NC(=O)c2cc(C)c(C#CCO)s2)on1. The molecule has 2 aromatic rings. The van der Waals surface area contributed by atoms with E-state index in [1.54, 1.807) is 19.1 Å². The third-order valence-electron chi connectivity index (χ3n) is 2.29. The minimum absolute atomic E-state index is 0.198. The molecule has 2 rings (SSSR count). The summed E-state index contributed by atoms with van der Waals surface area (Å²) in [6.45, 7) is 3.44. The lowest BCUT2D eigenvalue weighted by Gasteiger charge is -1.96. The predicted octanol–water partition coefficient (Wildman–Crippen LogP) is 1.95. The van der Waals surface area contributed by atoms with Gasteiger partial charge in [-0.25, -0.2) is 0 Å². The highest BCUT2D eigenvalue weighted by molar-refractivity contribution is 7.14. The zero-order valence-corrected chi connectivity index (χ0v) is 11.3. The van der Waals surface area contributed by atoms with Crippen molar-refractivity contribution in [1.82, 2.24) is 5.16 Å². The van der Waals surface area contributed by atoms with Gasteiger partial charge in [-0.15, -0.1) is 11.3 Å². The van der Waals surface area contributed by atoms with Gasteiger partial charge in [0.15, 0.2) is 0 Å². The van der Waals surface area contributed by atoms with E-state index in [4.69, 9.17) is 9.63 Å². The first kappa shape index (κ1) is 13.3. The normalized spacial score (nSPS) is 9.84. The molecule has 2 N–H and O–H groups in total. The van der Waals surface area contributed by atoms with Crippen LogP contribution in [0.15, 0.2) is 16.7 Å². The Bertz CT molecular complexity index is 661. The molecule has 98 valence electrons. The molecule has 6 heteroatoms. The van der Waals surface area contributed by atoms with Gasteiger partial charge in [0.2, 0.25) is 5.88 Å². The Morgan fingerprint density at radius 2 is 2.32 bits per heavy atom. The fourth-order valence-electron chi connectivity index (χ4n) is 1.43. The third kappa shape index (κ3) is 3.22.